The lowest BCUT2D eigenvalue weighted by molar-refractivity contribution is -0.163. The molecule has 0 aromatic rings. The van der Waals surface area contributed by atoms with E-state index in [1.165, 1.54) is 77.0 Å². The lowest BCUT2D eigenvalue weighted by atomic mass is 10.1. The molecule has 0 N–H and O–H groups in total. The van der Waals surface area contributed by atoms with E-state index in [0.717, 1.165) is 103 Å². The largest absolute Gasteiger partial charge is 0.462 e. The number of unbranched alkanes of at least 4 members (excludes halogenated alkanes) is 19. The molecule has 0 saturated heterocycles. The average Bonchev–Trinajstić information content (AvgIpc) is 3.20. The van der Waals surface area contributed by atoms with E-state index in [-0.39, 0.29) is 25.2 Å². The predicted molar refractivity (Wildman–Crippen MR) is 242 cm³/mol. The van der Waals surface area contributed by atoms with E-state index in [2.05, 4.69) is 93.7 Å². The monoisotopic (exact) mass is 781 g/mol. The summed E-state index contributed by atoms with van der Waals surface area (Å²) in [6.07, 6.45) is 59.0. The highest BCUT2D eigenvalue weighted by molar-refractivity contribution is 5.70. The Labute approximate surface area is 347 Å². The molecule has 1 unspecified atom stereocenters. The van der Waals surface area contributed by atoms with Crippen molar-refractivity contribution >= 4 is 11.9 Å². The molecule has 5 nitrogen and oxygen atoms in total. The van der Waals surface area contributed by atoms with Crippen molar-refractivity contribution in [2.75, 3.05) is 19.8 Å². The summed E-state index contributed by atoms with van der Waals surface area (Å²) in [6.45, 7) is 7.56. The molecule has 1 atom stereocenters. The van der Waals surface area contributed by atoms with Crippen LogP contribution in [0.25, 0.3) is 0 Å². The Morgan fingerprint density at radius 3 is 1.36 bits per heavy atom. The summed E-state index contributed by atoms with van der Waals surface area (Å²) >= 11 is 0. The third kappa shape index (κ3) is 44.1. The number of hydrogen-bond donors (Lipinski definition) is 0. The molecule has 0 aromatic carbocycles. The highest BCUT2D eigenvalue weighted by atomic mass is 16.6. The van der Waals surface area contributed by atoms with E-state index in [0.29, 0.717) is 19.4 Å². The molecule has 0 aliphatic heterocycles. The predicted octanol–water partition coefficient (Wildman–Crippen LogP) is 15.6. The van der Waals surface area contributed by atoms with Gasteiger partial charge in [-0.2, -0.15) is 0 Å². The molecule has 0 radical (unpaired) electrons. The molecule has 322 valence electrons. The number of ether oxygens (including phenoxy) is 3. The number of esters is 2. The number of rotatable bonds is 42. The maximum atomic E-state index is 12.7. The van der Waals surface area contributed by atoms with Crippen molar-refractivity contribution in [2.45, 2.75) is 219 Å². The van der Waals surface area contributed by atoms with E-state index < -0.39 is 6.10 Å². The van der Waals surface area contributed by atoms with Crippen LogP contribution in [0.5, 0.6) is 0 Å². The second-order valence-electron chi connectivity index (χ2n) is 15.3. The molecule has 0 aromatic heterocycles. The van der Waals surface area contributed by atoms with Gasteiger partial charge < -0.3 is 14.2 Å². The maximum Gasteiger partial charge on any atom is 0.306 e. The van der Waals surface area contributed by atoms with Gasteiger partial charge in [-0.05, 0) is 83.5 Å². The highest BCUT2D eigenvalue weighted by Crippen LogP contribution is 2.14. The number of carbonyl (C=O) groups excluding carboxylic acids is 2. The number of carbonyl (C=O) groups is 2. The van der Waals surface area contributed by atoms with Gasteiger partial charge in [0.25, 0.3) is 0 Å². The van der Waals surface area contributed by atoms with Crippen molar-refractivity contribution in [1.29, 1.82) is 0 Å². The van der Waals surface area contributed by atoms with Crippen molar-refractivity contribution in [3.63, 3.8) is 0 Å². The van der Waals surface area contributed by atoms with E-state index in [4.69, 9.17) is 14.2 Å². The first-order valence-electron chi connectivity index (χ1n) is 23.5. The first kappa shape index (κ1) is 53.3. The summed E-state index contributed by atoms with van der Waals surface area (Å²) < 4.78 is 17.3. The fourth-order valence-electron chi connectivity index (χ4n) is 6.24. The molecule has 0 aliphatic carbocycles. The SMILES string of the molecule is CC/C=C\C/C=C\C/C=C\C/C=C\CCCCCOCC(COC(=O)CCCCCCC/C=C\C/C=C\CCC)OC(=O)CCCCCCCCCCCCC. The van der Waals surface area contributed by atoms with Crippen molar-refractivity contribution in [2.24, 2.45) is 0 Å². The summed E-state index contributed by atoms with van der Waals surface area (Å²) in [5.41, 5.74) is 0. The van der Waals surface area contributed by atoms with E-state index in [1.54, 1.807) is 0 Å². The van der Waals surface area contributed by atoms with Crippen molar-refractivity contribution in [1.82, 2.24) is 0 Å². The van der Waals surface area contributed by atoms with Crippen LogP contribution in [0.3, 0.4) is 0 Å². The molecule has 0 bridgehead atoms. The third-order valence-electron chi connectivity index (χ3n) is 9.71. The molecule has 0 saturated carbocycles. The first-order chi connectivity index (χ1) is 27.6. The Morgan fingerprint density at radius 1 is 0.411 bits per heavy atom. The zero-order chi connectivity index (χ0) is 40.7. The van der Waals surface area contributed by atoms with Crippen LogP contribution in [0.2, 0.25) is 0 Å². The van der Waals surface area contributed by atoms with Crippen LogP contribution in [-0.2, 0) is 23.8 Å². The van der Waals surface area contributed by atoms with Gasteiger partial charge in [-0.15, -0.1) is 0 Å². The van der Waals surface area contributed by atoms with Gasteiger partial charge in [0.15, 0.2) is 6.10 Å². The van der Waals surface area contributed by atoms with Gasteiger partial charge in [0.05, 0.1) is 6.61 Å². The molecule has 0 heterocycles. The quantitative estimate of drug-likeness (QED) is 0.0351. The first-order valence-corrected chi connectivity index (χ1v) is 23.5. The summed E-state index contributed by atoms with van der Waals surface area (Å²) in [7, 11) is 0. The molecule has 56 heavy (non-hydrogen) atoms. The summed E-state index contributed by atoms with van der Waals surface area (Å²) in [4.78, 5) is 25.2. The molecular weight excluding hydrogens is 693 g/mol. The van der Waals surface area contributed by atoms with Gasteiger partial charge in [0.1, 0.15) is 6.61 Å². The topological polar surface area (TPSA) is 61.8 Å². The van der Waals surface area contributed by atoms with E-state index >= 15 is 0 Å². The van der Waals surface area contributed by atoms with Crippen LogP contribution in [0, 0.1) is 0 Å². The van der Waals surface area contributed by atoms with Gasteiger partial charge in [-0.3, -0.25) is 9.59 Å². The molecule has 0 amide bonds. The van der Waals surface area contributed by atoms with Crippen LogP contribution in [0.15, 0.2) is 72.9 Å². The average molecular weight is 781 g/mol. The number of hydrogen-bond acceptors (Lipinski definition) is 5. The maximum absolute atomic E-state index is 12.7. The molecule has 5 heteroatoms. The van der Waals surface area contributed by atoms with Crippen LogP contribution in [-0.4, -0.2) is 37.9 Å². The summed E-state index contributed by atoms with van der Waals surface area (Å²) in [5.74, 6) is -0.433. The van der Waals surface area contributed by atoms with Crippen molar-refractivity contribution < 1.29 is 23.8 Å². The molecule has 0 fully saturated rings. The van der Waals surface area contributed by atoms with Crippen LogP contribution < -0.4 is 0 Å². The molecule has 0 rings (SSSR count). The minimum atomic E-state index is -0.557. The van der Waals surface area contributed by atoms with Gasteiger partial charge >= 0.3 is 11.9 Å². The number of allylic oxidation sites excluding steroid dienone is 12. The minimum Gasteiger partial charge on any atom is -0.462 e. The minimum absolute atomic E-state index is 0.0641. The van der Waals surface area contributed by atoms with Crippen LogP contribution in [0.1, 0.15) is 213 Å². The zero-order valence-electron chi connectivity index (χ0n) is 36.9. The standard InChI is InChI=1S/C51H88O5/c1-4-7-10-13-16-19-22-24-25-26-28-31-34-37-40-43-46-54-47-49(56-51(53)45-42-39-36-33-29-21-18-15-12-9-6-3)48-55-50(52)44-41-38-35-32-30-27-23-20-17-14-11-8-5-2/h7,10-11,14,16,19-20,23-25,28,31,49H,4-6,8-9,12-13,15,17-18,21-22,26-27,29-30,32-48H2,1-3H3/b10-7-,14-11-,19-16-,23-20-,25-24-,31-28-. The lowest BCUT2D eigenvalue weighted by Crippen LogP contribution is -2.30. The zero-order valence-corrected chi connectivity index (χ0v) is 36.9. The molecule has 0 aliphatic rings. The van der Waals surface area contributed by atoms with E-state index in [9.17, 15) is 9.59 Å². The smallest absolute Gasteiger partial charge is 0.306 e. The normalized spacial score (nSPS) is 12.8. The van der Waals surface area contributed by atoms with Gasteiger partial charge in [-0.1, -0.05) is 190 Å². The Morgan fingerprint density at radius 2 is 0.839 bits per heavy atom. The van der Waals surface area contributed by atoms with Crippen LogP contribution in [0.4, 0.5) is 0 Å². The second kappa shape index (κ2) is 46.7. The lowest BCUT2D eigenvalue weighted by Gasteiger charge is -2.18. The van der Waals surface area contributed by atoms with Gasteiger partial charge in [-0.25, -0.2) is 0 Å². The Bertz CT molecular complexity index is 1020. The van der Waals surface area contributed by atoms with Crippen molar-refractivity contribution in [3.8, 4) is 0 Å². The Balaban J connectivity index is 4.33. The van der Waals surface area contributed by atoms with Crippen molar-refractivity contribution in [3.05, 3.63) is 72.9 Å². The summed E-state index contributed by atoms with van der Waals surface area (Å²) in [6, 6.07) is 0. The Hall–Kier alpha value is -2.66. The Kier molecular flexibility index (Phi) is 44.5. The fraction of sp³-hybridized carbons (Fsp3) is 0.725. The van der Waals surface area contributed by atoms with Crippen LogP contribution >= 0.6 is 0 Å². The highest BCUT2D eigenvalue weighted by Gasteiger charge is 2.17. The molecular formula is C51H88O5. The summed E-state index contributed by atoms with van der Waals surface area (Å²) in [5, 5.41) is 0. The van der Waals surface area contributed by atoms with E-state index in [1.807, 2.05) is 0 Å². The van der Waals surface area contributed by atoms with Gasteiger partial charge in [0, 0.05) is 19.4 Å². The third-order valence-corrected chi connectivity index (χ3v) is 9.71. The van der Waals surface area contributed by atoms with Gasteiger partial charge in [0.2, 0.25) is 0 Å². The fourth-order valence-corrected chi connectivity index (χ4v) is 6.24. The second-order valence-corrected chi connectivity index (χ2v) is 15.3. The molecule has 0 spiro atoms.